The molecule has 0 saturated carbocycles. The Hall–Kier alpha value is -2.29. The van der Waals surface area contributed by atoms with Crippen LogP contribution in [0.3, 0.4) is 0 Å². The minimum atomic E-state index is -0.486. The van der Waals surface area contributed by atoms with Crippen molar-refractivity contribution < 1.29 is 14.3 Å². The second kappa shape index (κ2) is 5.36. The first-order valence-electron chi connectivity index (χ1n) is 4.88. The van der Waals surface area contributed by atoms with Crippen molar-refractivity contribution in [1.82, 2.24) is 20.6 Å². The lowest BCUT2D eigenvalue weighted by atomic mass is 10.3. The van der Waals surface area contributed by atoms with Crippen LogP contribution < -0.4 is 5.32 Å². The molecule has 8 nitrogen and oxygen atoms in total. The number of tetrazole rings is 1. The molecule has 0 radical (unpaired) electrons. The Morgan fingerprint density at radius 3 is 3.06 bits per heavy atom. The smallest absolute Gasteiger partial charge is 0.350 e. The van der Waals surface area contributed by atoms with Crippen molar-refractivity contribution in [2.75, 3.05) is 12.4 Å². The fraction of sp³-hybridized carbons (Fsp3) is 0.222. The van der Waals surface area contributed by atoms with E-state index in [1.807, 2.05) is 0 Å². The van der Waals surface area contributed by atoms with Crippen molar-refractivity contribution in [1.29, 1.82) is 0 Å². The third-order valence-electron chi connectivity index (χ3n) is 2.02. The van der Waals surface area contributed by atoms with Crippen molar-refractivity contribution in [2.45, 2.75) is 6.42 Å². The molecular formula is C9H9N5O3S. The highest BCUT2D eigenvalue weighted by molar-refractivity contribution is 7.12. The molecule has 2 aromatic heterocycles. The maximum atomic E-state index is 11.7. The summed E-state index contributed by atoms with van der Waals surface area (Å²) in [4.78, 5) is 23.4. The number of carbonyl (C=O) groups is 2. The van der Waals surface area contributed by atoms with E-state index in [1.165, 1.54) is 18.4 Å². The van der Waals surface area contributed by atoms with Crippen LogP contribution in [0.1, 0.15) is 15.5 Å². The number of esters is 1. The predicted octanol–water partition coefficient (Wildman–Crippen LogP) is 0.229. The second-order valence-corrected chi connectivity index (χ2v) is 4.12. The number of hydrogen-bond donors (Lipinski definition) is 2. The molecule has 2 aromatic rings. The molecule has 94 valence electrons. The van der Waals surface area contributed by atoms with Crippen molar-refractivity contribution in [3.8, 4) is 0 Å². The third-order valence-corrected chi connectivity index (χ3v) is 2.91. The lowest BCUT2D eigenvalue weighted by Crippen LogP contribution is -2.16. The molecule has 1 amide bonds. The Bertz CT molecular complexity index is 550. The number of H-pyrrole nitrogens is 1. The number of hydrogen-bond acceptors (Lipinski definition) is 7. The first kappa shape index (κ1) is 12.2. The van der Waals surface area contributed by atoms with Gasteiger partial charge in [-0.2, -0.15) is 5.21 Å². The van der Waals surface area contributed by atoms with Gasteiger partial charge in [0.25, 0.3) is 0 Å². The highest BCUT2D eigenvalue weighted by Gasteiger charge is 2.16. The number of carbonyl (C=O) groups excluding carboxylic acids is 2. The molecule has 0 aliphatic rings. The minimum Gasteiger partial charge on any atom is -0.465 e. The molecule has 2 heterocycles. The van der Waals surface area contributed by atoms with E-state index >= 15 is 0 Å². The topological polar surface area (TPSA) is 110 Å². The lowest BCUT2D eigenvalue weighted by Gasteiger charge is -2.03. The Morgan fingerprint density at radius 1 is 1.56 bits per heavy atom. The molecule has 0 fully saturated rings. The van der Waals surface area contributed by atoms with Crippen LogP contribution in [0.15, 0.2) is 11.4 Å². The van der Waals surface area contributed by atoms with Gasteiger partial charge in [0.05, 0.1) is 19.2 Å². The monoisotopic (exact) mass is 267 g/mol. The molecule has 0 aliphatic heterocycles. The van der Waals surface area contributed by atoms with E-state index in [4.69, 9.17) is 0 Å². The summed E-state index contributed by atoms with van der Waals surface area (Å²) in [7, 11) is 1.28. The Kier molecular flexibility index (Phi) is 3.63. The number of nitrogens with zero attached hydrogens (tertiary/aromatic N) is 3. The maximum Gasteiger partial charge on any atom is 0.350 e. The van der Waals surface area contributed by atoms with Crippen LogP contribution in [0.25, 0.3) is 0 Å². The van der Waals surface area contributed by atoms with Gasteiger partial charge in [-0.1, -0.05) is 5.21 Å². The van der Waals surface area contributed by atoms with Crippen molar-refractivity contribution in [2.24, 2.45) is 0 Å². The van der Waals surface area contributed by atoms with Gasteiger partial charge in [-0.05, 0) is 11.4 Å². The van der Waals surface area contributed by atoms with Crippen LogP contribution >= 0.6 is 11.3 Å². The van der Waals surface area contributed by atoms with Gasteiger partial charge in [0.2, 0.25) is 5.91 Å². The lowest BCUT2D eigenvalue weighted by molar-refractivity contribution is -0.115. The van der Waals surface area contributed by atoms with E-state index in [0.29, 0.717) is 10.6 Å². The molecule has 18 heavy (non-hydrogen) atoms. The molecule has 0 saturated heterocycles. The number of rotatable bonds is 4. The number of amides is 1. The second-order valence-electron chi connectivity index (χ2n) is 3.21. The fourth-order valence-electron chi connectivity index (χ4n) is 1.25. The average molecular weight is 267 g/mol. The molecule has 0 unspecified atom stereocenters. The van der Waals surface area contributed by atoms with Crippen LogP contribution in [0.4, 0.5) is 5.69 Å². The van der Waals surface area contributed by atoms with Crippen molar-refractivity contribution in [3.05, 3.63) is 22.1 Å². The van der Waals surface area contributed by atoms with Gasteiger partial charge in [-0.25, -0.2) is 4.79 Å². The van der Waals surface area contributed by atoms with Crippen molar-refractivity contribution in [3.63, 3.8) is 0 Å². The van der Waals surface area contributed by atoms with Crippen LogP contribution in [-0.4, -0.2) is 39.6 Å². The highest BCUT2D eigenvalue weighted by atomic mass is 32.1. The Balaban J connectivity index is 2.03. The maximum absolute atomic E-state index is 11.7. The van der Waals surface area contributed by atoms with Gasteiger partial charge in [-0.3, -0.25) is 4.79 Å². The van der Waals surface area contributed by atoms with Gasteiger partial charge in [0.1, 0.15) is 4.88 Å². The fourth-order valence-corrected chi connectivity index (χ4v) is 2.02. The summed E-state index contributed by atoms with van der Waals surface area (Å²) in [5.41, 5.74) is 0.417. The van der Waals surface area contributed by atoms with Crippen LogP contribution in [0, 0.1) is 0 Å². The quantitative estimate of drug-likeness (QED) is 0.767. The van der Waals surface area contributed by atoms with E-state index < -0.39 is 5.97 Å². The molecule has 2 rings (SSSR count). The number of nitrogens with one attached hydrogen (secondary N) is 2. The van der Waals surface area contributed by atoms with Crippen molar-refractivity contribution >= 4 is 28.9 Å². The standard InChI is InChI=1S/C9H9N5O3S/c1-17-9(16)8-5(2-3-18-8)10-7(15)4-6-11-13-14-12-6/h2-3H,4H2,1H3,(H,10,15)(H,11,12,13,14). The molecule has 0 spiro atoms. The summed E-state index contributed by atoms with van der Waals surface area (Å²) < 4.78 is 4.60. The number of anilines is 1. The van der Waals surface area contributed by atoms with E-state index in [0.717, 1.165) is 0 Å². The molecule has 0 bridgehead atoms. The summed E-state index contributed by atoms with van der Waals surface area (Å²) in [5, 5.41) is 17.2. The molecular weight excluding hydrogens is 258 g/mol. The molecule has 0 aromatic carbocycles. The summed E-state index contributed by atoms with van der Waals surface area (Å²) >= 11 is 1.19. The highest BCUT2D eigenvalue weighted by Crippen LogP contribution is 2.23. The van der Waals surface area contributed by atoms with Gasteiger partial charge in [0.15, 0.2) is 5.82 Å². The summed E-state index contributed by atoms with van der Waals surface area (Å²) in [6, 6.07) is 1.63. The molecule has 2 N–H and O–H groups in total. The number of methoxy groups -OCH3 is 1. The average Bonchev–Trinajstić information content (AvgIpc) is 2.99. The van der Waals surface area contributed by atoms with Crippen LogP contribution in [0.5, 0.6) is 0 Å². The van der Waals surface area contributed by atoms with Gasteiger partial charge < -0.3 is 10.1 Å². The van der Waals surface area contributed by atoms with E-state index in [1.54, 1.807) is 11.4 Å². The zero-order valence-electron chi connectivity index (χ0n) is 9.34. The van der Waals surface area contributed by atoms with E-state index in [9.17, 15) is 9.59 Å². The van der Waals surface area contributed by atoms with Crippen LogP contribution in [-0.2, 0) is 16.0 Å². The van der Waals surface area contributed by atoms with Gasteiger partial charge >= 0.3 is 5.97 Å². The summed E-state index contributed by atoms with van der Waals surface area (Å²) in [6.07, 6.45) is -0.0209. The van der Waals surface area contributed by atoms with Gasteiger partial charge in [0, 0.05) is 0 Å². The molecule has 9 heteroatoms. The first-order valence-corrected chi connectivity index (χ1v) is 5.76. The van der Waals surface area contributed by atoms with E-state index in [-0.39, 0.29) is 18.2 Å². The number of aromatic amines is 1. The summed E-state index contributed by atoms with van der Waals surface area (Å²) in [6.45, 7) is 0. The molecule has 0 atom stereocenters. The number of aromatic nitrogens is 4. The normalized spacial score (nSPS) is 10.1. The minimum absolute atomic E-state index is 0.0209. The number of thiophene rings is 1. The SMILES string of the molecule is COC(=O)c1sccc1NC(=O)Cc1nn[nH]n1. The zero-order chi connectivity index (χ0) is 13.0. The summed E-state index contributed by atoms with van der Waals surface area (Å²) in [5.74, 6) is -0.540. The van der Waals surface area contributed by atoms with Gasteiger partial charge in [-0.15, -0.1) is 21.5 Å². The van der Waals surface area contributed by atoms with Crippen LogP contribution in [0.2, 0.25) is 0 Å². The Morgan fingerprint density at radius 2 is 2.39 bits per heavy atom. The predicted molar refractivity (Wildman–Crippen MR) is 62.2 cm³/mol. The van der Waals surface area contributed by atoms with E-state index in [2.05, 4.69) is 30.7 Å². The molecule has 0 aliphatic carbocycles. The first-order chi connectivity index (χ1) is 8.70. The number of ether oxygens (including phenoxy) is 1. The third kappa shape index (κ3) is 2.69. The zero-order valence-corrected chi connectivity index (χ0v) is 10.2. The largest absolute Gasteiger partial charge is 0.465 e. The Labute approximate surface area is 105 Å².